The third-order valence-electron chi connectivity index (χ3n) is 5.49. The number of fused-ring (bicyclic) bond motifs is 2. The number of benzene rings is 3. The molecule has 5 aromatic rings. The zero-order valence-corrected chi connectivity index (χ0v) is 15.6. The van der Waals surface area contributed by atoms with Crippen molar-refractivity contribution in [1.82, 2.24) is 9.97 Å². The minimum Gasteiger partial charge on any atom is -0.361 e. The number of rotatable bonds is 3. The second-order valence-electron chi connectivity index (χ2n) is 7.28. The topological polar surface area (TPSA) is 31.6 Å². The Morgan fingerprint density at radius 2 is 1.33 bits per heavy atom. The molecule has 0 radical (unpaired) electrons. The Kier molecular flexibility index (Phi) is 4.17. The van der Waals surface area contributed by atoms with Gasteiger partial charge in [-0.15, -0.1) is 0 Å². The molecular formula is C24H16F4N2. The quantitative estimate of drug-likeness (QED) is 0.302. The predicted molar refractivity (Wildman–Crippen MR) is 109 cm³/mol. The van der Waals surface area contributed by atoms with Crippen molar-refractivity contribution in [2.75, 3.05) is 0 Å². The maximum Gasteiger partial charge on any atom is 0.416 e. The predicted octanol–water partition coefficient (Wildman–Crippen LogP) is 6.99. The minimum absolute atomic E-state index is 0.331. The van der Waals surface area contributed by atoms with E-state index in [-0.39, 0.29) is 11.7 Å². The van der Waals surface area contributed by atoms with Crippen LogP contribution in [-0.2, 0) is 6.18 Å². The molecule has 0 fully saturated rings. The van der Waals surface area contributed by atoms with Gasteiger partial charge in [0, 0.05) is 40.1 Å². The van der Waals surface area contributed by atoms with Crippen molar-refractivity contribution in [3.63, 3.8) is 0 Å². The summed E-state index contributed by atoms with van der Waals surface area (Å²) < 4.78 is 52.9. The second-order valence-corrected chi connectivity index (χ2v) is 7.28. The molecule has 1 unspecified atom stereocenters. The van der Waals surface area contributed by atoms with Crippen molar-refractivity contribution in [2.45, 2.75) is 12.1 Å². The lowest BCUT2D eigenvalue weighted by Crippen LogP contribution is -2.07. The Bertz CT molecular complexity index is 1340. The maximum absolute atomic E-state index is 13.7. The van der Waals surface area contributed by atoms with E-state index in [4.69, 9.17) is 0 Å². The standard InChI is InChI=1S/C24H16F4N2/c25-16-9-10-18-20(13-30-22(18)11-16)23(14-5-7-15(8-6-14)24(26,27)28)19-12-29-21-4-2-1-3-17(19)21/h1-13,23,29-30H. The molecular weight excluding hydrogens is 392 g/mol. The van der Waals surface area contributed by atoms with Gasteiger partial charge in [0.15, 0.2) is 0 Å². The molecule has 2 aromatic heterocycles. The molecule has 0 amide bonds. The lowest BCUT2D eigenvalue weighted by Gasteiger charge is -2.18. The van der Waals surface area contributed by atoms with Crippen LogP contribution >= 0.6 is 0 Å². The van der Waals surface area contributed by atoms with E-state index in [9.17, 15) is 17.6 Å². The molecule has 0 spiro atoms. The first-order chi connectivity index (χ1) is 14.4. The molecule has 0 aliphatic rings. The van der Waals surface area contributed by atoms with Gasteiger partial charge in [-0.1, -0.05) is 30.3 Å². The number of nitrogens with one attached hydrogen (secondary N) is 2. The van der Waals surface area contributed by atoms with Crippen molar-refractivity contribution in [3.8, 4) is 0 Å². The fourth-order valence-electron chi connectivity index (χ4n) is 4.08. The van der Waals surface area contributed by atoms with E-state index < -0.39 is 11.7 Å². The van der Waals surface area contributed by atoms with Gasteiger partial charge in [-0.25, -0.2) is 4.39 Å². The zero-order valence-electron chi connectivity index (χ0n) is 15.6. The summed E-state index contributed by atoms with van der Waals surface area (Å²) in [6.45, 7) is 0. The van der Waals surface area contributed by atoms with Gasteiger partial charge in [0.05, 0.1) is 5.56 Å². The van der Waals surface area contributed by atoms with Crippen LogP contribution in [0.25, 0.3) is 21.8 Å². The van der Waals surface area contributed by atoms with Gasteiger partial charge >= 0.3 is 6.18 Å². The number of para-hydroxylation sites is 1. The second kappa shape index (κ2) is 6.76. The molecule has 0 aliphatic heterocycles. The van der Waals surface area contributed by atoms with Crippen LogP contribution < -0.4 is 0 Å². The normalized spacial score (nSPS) is 13.2. The van der Waals surface area contributed by atoms with Crippen LogP contribution in [-0.4, -0.2) is 9.97 Å². The highest BCUT2D eigenvalue weighted by atomic mass is 19.4. The molecule has 0 saturated heterocycles. The number of aromatic amines is 2. The van der Waals surface area contributed by atoms with Crippen molar-refractivity contribution < 1.29 is 17.6 Å². The average Bonchev–Trinajstić information content (AvgIpc) is 3.33. The molecule has 2 N–H and O–H groups in total. The Hall–Kier alpha value is -3.54. The first kappa shape index (κ1) is 18.5. The Balaban J connectivity index is 1.74. The number of H-pyrrole nitrogens is 2. The van der Waals surface area contributed by atoms with Gasteiger partial charge < -0.3 is 9.97 Å². The van der Waals surface area contributed by atoms with Crippen molar-refractivity contribution >= 4 is 21.8 Å². The SMILES string of the molecule is Fc1ccc2c(C(c3ccc(C(F)(F)F)cc3)c3c[nH]c4ccccc34)c[nH]c2c1. The first-order valence-corrected chi connectivity index (χ1v) is 9.41. The number of hydrogen-bond acceptors (Lipinski definition) is 0. The van der Waals surface area contributed by atoms with Crippen molar-refractivity contribution in [1.29, 1.82) is 0 Å². The summed E-state index contributed by atoms with van der Waals surface area (Å²) >= 11 is 0. The van der Waals surface area contributed by atoms with E-state index in [1.807, 2.05) is 30.5 Å². The Morgan fingerprint density at radius 3 is 2.03 bits per heavy atom. The number of hydrogen-bond donors (Lipinski definition) is 2. The van der Waals surface area contributed by atoms with Crippen LogP contribution in [0.4, 0.5) is 17.6 Å². The van der Waals surface area contributed by atoms with Gasteiger partial charge in [-0.05, 0) is 53.1 Å². The molecule has 0 aliphatic carbocycles. The van der Waals surface area contributed by atoms with Crippen molar-refractivity contribution in [3.05, 3.63) is 107 Å². The third-order valence-corrected chi connectivity index (χ3v) is 5.49. The van der Waals surface area contributed by atoms with Crippen LogP contribution in [0, 0.1) is 5.82 Å². The van der Waals surface area contributed by atoms with E-state index in [1.54, 1.807) is 12.3 Å². The van der Waals surface area contributed by atoms with E-state index >= 15 is 0 Å². The van der Waals surface area contributed by atoms with Gasteiger partial charge in [0.1, 0.15) is 5.82 Å². The molecule has 30 heavy (non-hydrogen) atoms. The smallest absolute Gasteiger partial charge is 0.361 e. The molecule has 0 saturated carbocycles. The number of aromatic nitrogens is 2. The molecule has 3 aromatic carbocycles. The molecule has 1 atom stereocenters. The zero-order chi connectivity index (χ0) is 20.9. The molecule has 2 nitrogen and oxygen atoms in total. The summed E-state index contributed by atoms with van der Waals surface area (Å²) in [6.07, 6.45) is -0.712. The van der Waals surface area contributed by atoms with Crippen LogP contribution in [0.1, 0.15) is 28.2 Å². The maximum atomic E-state index is 13.7. The lowest BCUT2D eigenvalue weighted by atomic mass is 9.84. The van der Waals surface area contributed by atoms with Crippen LogP contribution in [0.3, 0.4) is 0 Å². The summed E-state index contributed by atoms with van der Waals surface area (Å²) in [5.74, 6) is -0.684. The molecule has 0 bridgehead atoms. The highest BCUT2D eigenvalue weighted by Crippen LogP contribution is 2.40. The fourth-order valence-corrected chi connectivity index (χ4v) is 4.08. The molecule has 150 valence electrons. The highest BCUT2D eigenvalue weighted by molar-refractivity contribution is 5.89. The van der Waals surface area contributed by atoms with Crippen LogP contribution in [0.15, 0.2) is 79.1 Å². The van der Waals surface area contributed by atoms with Crippen LogP contribution in [0.2, 0.25) is 0 Å². The Labute approximate surface area is 169 Å². The van der Waals surface area contributed by atoms with E-state index in [0.29, 0.717) is 5.52 Å². The largest absolute Gasteiger partial charge is 0.416 e. The summed E-state index contributed by atoms with van der Waals surface area (Å²) in [4.78, 5) is 6.34. The summed E-state index contributed by atoms with van der Waals surface area (Å²) in [5, 5.41) is 1.81. The average molecular weight is 408 g/mol. The number of alkyl halides is 3. The minimum atomic E-state index is -4.40. The highest BCUT2D eigenvalue weighted by Gasteiger charge is 2.31. The molecule has 2 heterocycles. The molecule has 5 rings (SSSR count). The summed E-state index contributed by atoms with van der Waals surface area (Å²) in [5.41, 5.74) is 3.42. The van der Waals surface area contributed by atoms with Gasteiger partial charge in [-0.3, -0.25) is 0 Å². The Morgan fingerprint density at radius 1 is 0.700 bits per heavy atom. The monoisotopic (exact) mass is 408 g/mol. The first-order valence-electron chi connectivity index (χ1n) is 9.41. The van der Waals surface area contributed by atoms with Gasteiger partial charge in [0.2, 0.25) is 0 Å². The molecule has 6 heteroatoms. The summed E-state index contributed by atoms with van der Waals surface area (Å²) in [6, 6.07) is 17.5. The van der Waals surface area contributed by atoms with E-state index in [2.05, 4.69) is 9.97 Å². The third kappa shape index (κ3) is 3.05. The van der Waals surface area contributed by atoms with Gasteiger partial charge in [0.25, 0.3) is 0 Å². The van der Waals surface area contributed by atoms with Gasteiger partial charge in [-0.2, -0.15) is 13.2 Å². The van der Waals surface area contributed by atoms with Crippen molar-refractivity contribution in [2.24, 2.45) is 0 Å². The van der Waals surface area contributed by atoms with E-state index in [1.165, 1.54) is 24.3 Å². The van der Waals surface area contributed by atoms with E-state index in [0.717, 1.165) is 45.1 Å². The summed E-state index contributed by atoms with van der Waals surface area (Å²) in [7, 11) is 0. The number of halogens is 4. The van der Waals surface area contributed by atoms with Crippen LogP contribution in [0.5, 0.6) is 0 Å². The fraction of sp³-hybridized carbons (Fsp3) is 0.0833. The lowest BCUT2D eigenvalue weighted by molar-refractivity contribution is -0.137.